The Balaban J connectivity index is 1.84. The standard InChI is InChI=1S/C15H27NO4/c1-19-9-10-20-11-15(18)16-8-4-6-13(16)12-5-2-3-7-14(12)17/h12-14,17H,2-11H2,1H3. The molecule has 116 valence electrons. The second-order valence-electron chi connectivity index (χ2n) is 5.86. The smallest absolute Gasteiger partial charge is 0.248 e. The molecule has 20 heavy (non-hydrogen) atoms. The Kier molecular flexibility index (Phi) is 6.26. The fourth-order valence-electron chi connectivity index (χ4n) is 3.52. The molecular weight excluding hydrogens is 258 g/mol. The molecule has 3 unspecified atom stereocenters. The summed E-state index contributed by atoms with van der Waals surface area (Å²) in [6.07, 6.45) is 6.02. The van der Waals surface area contributed by atoms with Gasteiger partial charge in [-0.25, -0.2) is 0 Å². The summed E-state index contributed by atoms with van der Waals surface area (Å²) in [4.78, 5) is 14.2. The molecule has 2 fully saturated rings. The van der Waals surface area contributed by atoms with E-state index in [2.05, 4.69) is 0 Å². The number of ether oxygens (including phenoxy) is 2. The summed E-state index contributed by atoms with van der Waals surface area (Å²) in [7, 11) is 1.62. The van der Waals surface area contributed by atoms with Crippen molar-refractivity contribution in [3.63, 3.8) is 0 Å². The van der Waals surface area contributed by atoms with Crippen molar-refractivity contribution in [3.8, 4) is 0 Å². The average molecular weight is 285 g/mol. The number of hydrogen-bond acceptors (Lipinski definition) is 4. The molecule has 2 aliphatic rings. The number of likely N-dealkylation sites (tertiary alicyclic amines) is 1. The van der Waals surface area contributed by atoms with Gasteiger partial charge in [0.1, 0.15) is 6.61 Å². The molecule has 5 heteroatoms. The first-order chi connectivity index (χ1) is 9.74. The van der Waals surface area contributed by atoms with Crippen molar-refractivity contribution in [2.75, 3.05) is 33.5 Å². The van der Waals surface area contributed by atoms with Crippen LogP contribution < -0.4 is 0 Å². The lowest BCUT2D eigenvalue weighted by Crippen LogP contribution is -2.46. The SMILES string of the molecule is COCCOCC(=O)N1CCCC1C1CCCCC1O. The number of aliphatic hydroxyl groups excluding tert-OH is 1. The highest BCUT2D eigenvalue weighted by Gasteiger charge is 2.38. The third-order valence-electron chi connectivity index (χ3n) is 4.55. The first kappa shape index (κ1) is 15.7. The van der Waals surface area contributed by atoms with Crippen LogP contribution in [0.4, 0.5) is 0 Å². The maximum atomic E-state index is 12.2. The van der Waals surface area contributed by atoms with E-state index >= 15 is 0 Å². The molecule has 2 rings (SSSR count). The number of hydrogen-bond donors (Lipinski definition) is 1. The van der Waals surface area contributed by atoms with Crippen LogP contribution >= 0.6 is 0 Å². The van der Waals surface area contributed by atoms with Gasteiger partial charge < -0.3 is 19.5 Å². The van der Waals surface area contributed by atoms with E-state index in [1.165, 1.54) is 6.42 Å². The number of carbonyl (C=O) groups is 1. The van der Waals surface area contributed by atoms with Crippen LogP contribution in [-0.2, 0) is 14.3 Å². The molecule has 0 aromatic carbocycles. The molecule has 0 aromatic rings. The quantitative estimate of drug-likeness (QED) is 0.745. The number of carbonyl (C=O) groups excluding carboxylic acids is 1. The van der Waals surface area contributed by atoms with E-state index in [1.807, 2.05) is 4.90 Å². The minimum Gasteiger partial charge on any atom is -0.393 e. The Morgan fingerprint density at radius 2 is 2.00 bits per heavy atom. The Morgan fingerprint density at radius 1 is 1.20 bits per heavy atom. The second-order valence-corrected chi connectivity index (χ2v) is 5.86. The minimum atomic E-state index is -0.239. The van der Waals surface area contributed by atoms with Crippen molar-refractivity contribution >= 4 is 5.91 Å². The zero-order chi connectivity index (χ0) is 14.4. The van der Waals surface area contributed by atoms with Crippen molar-refractivity contribution in [2.24, 2.45) is 5.92 Å². The minimum absolute atomic E-state index is 0.0568. The van der Waals surface area contributed by atoms with Gasteiger partial charge in [0.2, 0.25) is 5.91 Å². The van der Waals surface area contributed by atoms with Gasteiger partial charge in [-0.2, -0.15) is 0 Å². The van der Waals surface area contributed by atoms with Crippen LogP contribution in [0.3, 0.4) is 0 Å². The molecule has 1 amide bonds. The van der Waals surface area contributed by atoms with E-state index in [0.29, 0.717) is 13.2 Å². The number of methoxy groups -OCH3 is 1. The van der Waals surface area contributed by atoms with Crippen molar-refractivity contribution < 1.29 is 19.4 Å². The monoisotopic (exact) mass is 285 g/mol. The molecule has 1 aliphatic carbocycles. The lowest BCUT2D eigenvalue weighted by Gasteiger charge is -2.37. The highest BCUT2D eigenvalue weighted by molar-refractivity contribution is 5.78. The maximum Gasteiger partial charge on any atom is 0.248 e. The predicted molar refractivity (Wildman–Crippen MR) is 75.4 cm³/mol. The molecule has 1 aliphatic heterocycles. The van der Waals surface area contributed by atoms with Crippen LogP contribution in [0.2, 0.25) is 0 Å². The number of rotatable bonds is 6. The lowest BCUT2D eigenvalue weighted by atomic mass is 9.80. The third-order valence-corrected chi connectivity index (χ3v) is 4.55. The van der Waals surface area contributed by atoms with Crippen LogP contribution in [0.15, 0.2) is 0 Å². The first-order valence-corrected chi connectivity index (χ1v) is 7.78. The van der Waals surface area contributed by atoms with Crippen LogP contribution in [0.25, 0.3) is 0 Å². The number of nitrogens with zero attached hydrogens (tertiary/aromatic N) is 1. The fraction of sp³-hybridized carbons (Fsp3) is 0.933. The van der Waals surface area contributed by atoms with Gasteiger partial charge >= 0.3 is 0 Å². The number of aliphatic hydroxyl groups is 1. The maximum absolute atomic E-state index is 12.2. The third kappa shape index (κ3) is 3.93. The normalized spacial score (nSPS) is 30.7. The predicted octanol–water partition coefficient (Wildman–Crippen LogP) is 1.19. The van der Waals surface area contributed by atoms with Gasteiger partial charge in [0.05, 0.1) is 19.3 Å². The molecule has 0 spiro atoms. The topological polar surface area (TPSA) is 59.0 Å². The van der Waals surface area contributed by atoms with Gasteiger partial charge in [-0.05, 0) is 25.7 Å². The van der Waals surface area contributed by atoms with E-state index < -0.39 is 0 Å². The molecule has 1 N–H and O–H groups in total. The molecule has 1 heterocycles. The molecule has 0 bridgehead atoms. The molecule has 1 saturated heterocycles. The summed E-state index contributed by atoms with van der Waals surface area (Å²) in [5, 5.41) is 10.2. The Bertz CT molecular complexity index is 310. The summed E-state index contributed by atoms with van der Waals surface area (Å²) in [5.74, 6) is 0.315. The molecule has 1 saturated carbocycles. The van der Waals surface area contributed by atoms with Crippen LogP contribution in [-0.4, -0.2) is 61.5 Å². The van der Waals surface area contributed by atoms with E-state index in [0.717, 1.165) is 38.6 Å². The summed E-state index contributed by atoms with van der Waals surface area (Å²) in [6.45, 7) is 1.90. The van der Waals surface area contributed by atoms with Gasteiger partial charge in [-0.3, -0.25) is 4.79 Å². The van der Waals surface area contributed by atoms with E-state index in [1.54, 1.807) is 7.11 Å². The fourth-order valence-corrected chi connectivity index (χ4v) is 3.52. The molecule has 0 radical (unpaired) electrons. The van der Waals surface area contributed by atoms with E-state index in [4.69, 9.17) is 9.47 Å². The first-order valence-electron chi connectivity index (χ1n) is 7.78. The molecule has 0 aromatic heterocycles. The zero-order valence-corrected chi connectivity index (χ0v) is 12.4. The zero-order valence-electron chi connectivity index (χ0n) is 12.4. The Labute approximate surface area is 121 Å². The summed E-state index contributed by atoms with van der Waals surface area (Å²) in [6, 6.07) is 0.212. The second kappa shape index (κ2) is 7.96. The highest BCUT2D eigenvalue weighted by atomic mass is 16.5. The lowest BCUT2D eigenvalue weighted by molar-refractivity contribution is -0.139. The largest absolute Gasteiger partial charge is 0.393 e. The summed E-state index contributed by atoms with van der Waals surface area (Å²) < 4.78 is 10.2. The Hall–Kier alpha value is -0.650. The molecule has 5 nitrogen and oxygen atoms in total. The van der Waals surface area contributed by atoms with Crippen molar-refractivity contribution in [3.05, 3.63) is 0 Å². The van der Waals surface area contributed by atoms with Crippen LogP contribution in [0, 0.1) is 5.92 Å². The van der Waals surface area contributed by atoms with Gasteiger partial charge in [-0.1, -0.05) is 12.8 Å². The highest BCUT2D eigenvalue weighted by Crippen LogP contribution is 2.34. The van der Waals surface area contributed by atoms with E-state index in [9.17, 15) is 9.90 Å². The van der Waals surface area contributed by atoms with E-state index in [-0.39, 0.29) is 30.6 Å². The molecule has 3 atom stereocenters. The number of amides is 1. The summed E-state index contributed by atoms with van der Waals surface area (Å²) >= 11 is 0. The Morgan fingerprint density at radius 3 is 2.75 bits per heavy atom. The van der Waals surface area contributed by atoms with Crippen LogP contribution in [0.1, 0.15) is 38.5 Å². The van der Waals surface area contributed by atoms with Crippen molar-refractivity contribution in [2.45, 2.75) is 50.7 Å². The van der Waals surface area contributed by atoms with Gasteiger partial charge in [0, 0.05) is 25.6 Å². The summed E-state index contributed by atoms with van der Waals surface area (Å²) in [5.41, 5.74) is 0. The van der Waals surface area contributed by atoms with Crippen molar-refractivity contribution in [1.29, 1.82) is 0 Å². The average Bonchev–Trinajstić information content (AvgIpc) is 2.93. The van der Waals surface area contributed by atoms with Gasteiger partial charge in [0.25, 0.3) is 0 Å². The van der Waals surface area contributed by atoms with Gasteiger partial charge in [0.15, 0.2) is 0 Å². The van der Waals surface area contributed by atoms with Crippen molar-refractivity contribution in [1.82, 2.24) is 4.90 Å². The molecular formula is C15H27NO4. The van der Waals surface area contributed by atoms with Crippen LogP contribution in [0.5, 0.6) is 0 Å². The van der Waals surface area contributed by atoms with Gasteiger partial charge in [-0.15, -0.1) is 0 Å².